The lowest BCUT2D eigenvalue weighted by Crippen LogP contribution is -2.51. The molecule has 1 unspecified atom stereocenters. The summed E-state index contributed by atoms with van der Waals surface area (Å²) in [5, 5.41) is 3.13. The summed E-state index contributed by atoms with van der Waals surface area (Å²) in [6.45, 7) is 7.21. The summed E-state index contributed by atoms with van der Waals surface area (Å²) >= 11 is 0. The predicted molar refractivity (Wildman–Crippen MR) is 127 cm³/mol. The van der Waals surface area contributed by atoms with Crippen LogP contribution in [-0.2, 0) is 6.61 Å². The van der Waals surface area contributed by atoms with E-state index in [4.69, 9.17) is 4.74 Å². The Morgan fingerprint density at radius 3 is 2.38 bits per heavy atom. The van der Waals surface area contributed by atoms with Crippen molar-refractivity contribution in [3.8, 4) is 5.75 Å². The minimum Gasteiger partial charge on any atom is -0.489 e. The number of nitrogens with zero attached hydrogens (tertiary/aromatic N) is 3. The van der Waals surface area contributed by atoms with Gasteiger partial charge in [-0.05, 0) is 48.9 Å². The normalized spacial score (nSPS) is 15.2. The van der Waals surface area contributed by atoms with Crippen molar-refractivity contribution in [2.45, 2.75) is 19.6 Å². The Bertz CT molecular complexity index is 972. The van der Waals surface area contributed by atoms with Crippen molar-refractivity contribution in [2.75, 3.05) is 37.6 Å². The van der Waals surface area contributed by atoms with Gasteiger partial charge in [0.1, 0.15) is 18.2 Å². The summed E-state index contributed by atoms with van der Waals surface area (Å²) in [6.07, 6.45) is 1.84. The number of amides is 1. The number of pyridine rings is 1. The van der Waals surface area contributed by atoms with Crippen molar-refractivity contribution in [3.63, 3.8) is 0 Å². The summed E-state index contributed by atoms with van der Waals surface area (Å²) < 4.78 is 5.76. The van der Waals surface area contributed by atoms with Gasteiger partial charge in [0, 0.05) is 50.5 Å². The number of hydrogen-bond donors (Lipinski definition) is 1. The van der Waals surface area contributed by atoms with Crippen LogP contribution in [0.25, 0.3) is 0 Å². The number of piperazine rings is 1. The lowest BCUT2D eigenvalue weighted by Gasteiger charge is -2.36. The van der Waals surface area contributed by atoms with Crippen LogP contribution < -0.4 is 15.0 Å². The molecule has 6 nitrogen and oxygen atoms in total. The first-order valence-electron chi connectivity index (χ1n) is 11.1. The molecular weight excluding hydrogens is 400 g/mol. The summed E-state index contributed by atoms with van der Waals surface area (Å²) in [7, 11) is 0. The molecule has 1 N–H and O–H groups in total. The second kappa shape index (κ2) is 10.8. The monoisotopic (exact) mass is 430 g/mol. The molecule has 32 heavy (non-hydrogen) atoms. The van der Waals surface area contributed by atoms with E-state index in [0.29, 0.717) is 12.2 Å². The van der Waals surface area contributed by atoms with Crippen molar-refractivity contribution in [3.05, 3.63) is 90.1 Å². The Balaban J connectivity index is 1.20. The second-order valence-corrected chi connectivity index (χ2v) is 8.15. The van der Waals surface area contributed by atoms with Crippen LogP contribution in [0.1, 0.15) is 22.8 Å². The lowest BCUT2D eigenvalue weighted by molar-refractivity contribution is 0.0928. The molecule has 6 heteroatoms. The van der Waals surface area contributed by atoms with Gasteiger partial charge < -0.3 is 15.0 Å². The van der Waals surface area contributed by atoms with E-state index in [9.17, 15) is 4.79 Å². The van der Waals surface area contributed by atoms with Gasteiger partial charge in [0.25, 0.3) is 5.91 Å². The molecule has 0 spiro atoms. The van der Waals surface area contributed by atoms with Gasteiger partial charge in [0.15, 0.2) is 0 Å². The number of rotatable bonds is 8. The Kier molecular flexibility index (Phi) is 7.35. The van der Waals surface area contributed by atoms with Gasteiger partial charge in [-0.1, -0.05) is 36.4 Å². The Labute approximate surface area is 189 Å². The van der Waals surface area contributed by atoms with Crippen molar-refractivity contribution >= 4 is 11.7 Å². The van der Waals surface area contributed by atoms with Gasteiger partial charge in [0.05, 0.1) is 0 Å². The van der Waals surface area contributed by atoms with Crippen LogP contribution in [0.5, 0.6) is 5.75 Å². The van der Waals surface area contributed by atoms with Gasteiger partial charge in [-0.3, -0.25) is 9.69 Å². The van der Waals surface area contributed by atoms with E-state index < -0.39 is 0 Å². The van der Waals surface area contributed by atoms with Crippen molar-refractivity contribution in [1.82, 2.24) is 15.2 Å². The maximum absolute atomic E-state index is 12.6. The van der Waals surface area contributed by atoms with Crippen LogP contribution in [0.2, 0.25) is 0 Å². The second-order valence-electron chi connectivity index (χ2n) is 8.15. The standard InChI is InChI=1S/C26H30N4O2/c1-21(19-29-15-17-30(18-16-29)25-9-5-6-14-27-25)28-26(31)23-12-10-22(11-13-23)20-32-24-7-3-2-4-8-24/h2-14,21H,15-20H2,1H3,(H,28,31). The van der Waals surface area contributed by atoms with Crippen LogP contribution in [0, 0.1) is 0 Å². The van der Waals surface area contributed by atoms with E-state index in [-0.39, 0.29) is 11.9 Å². The Morgan fingerprint density at radius 2 is 1.69 bits per heavy atom. The highest BCUT2D eigenvalue weighted by atomic mass is 16.5. The number of aromatic nitrogens is 1. The fourth-order valence-corrected chi connectivity index (χ4v) is 3.88. The summed E-state index contributed by atoms with van der Waals surface area (Å²) in [4.78, 5) is 21.8. The maximum atomic E-state index is 12.6. The van der Waals surface area contributed by atoms with E-state index in [1.807, 2.05) is 72.9 Å². The molecule has 2 aromatic carbocycles. The first-order chi connectivity index (χ1) is 15.7. The highest BCUT2D eigenvalue weighted by Crippen LogP contribution is 2.14. The van der Waals surface area contributed by atoms with Gasteiger partial charge in [-0.2, -0.15) is 0 Å². The molecule has 1 saturated heterocycles. The largest absolute Gasteiger partial charge is 0.489 e. The third kappa shape index (κ3) is 6.08. The minimum absolute atomic E-state index is 0.0415. The van der Waals surface area contributed by atoms with Gasteiger partial charge in [-0.25, -0.2) is 4.98 Å². The molecule has 166 valence electrons. The minimum atomic E-state index is -0.0415. The number of hydrogen-bond acceptors (Lipinski definition) is 5. The van der Waals surface area contributed by atoms with Crippen LogP contribution in [0.3, 0.4) is 0 Å². The van der Waals surface area contributed by atoms with E-state index in [1.54, 1.807) is 0 Å². The SMILES string of the molecule is CC(CN1CCN(c2ccccn2)CC1)NC(=O)c1ccc(COc2ccccc2)cc1. The molecule has 1 amide bonds. The highest BCUT2D eigenvalue weighted by molar-refractivity contribution is 5.94. The highest BCUT2D eigenvalue weighted by Gasteiger charge is 2.20. The van der Waals surface area contributed by atoms with E-state index >= 15 is 0 Å². The molecule has 0 radical (unpaired) electrons. The molecule has 4 rings (SSSR count). The number of carbonyl (C=O) groups excluding carboxylic acids is 1. The number of benzene rings is 2. The Morgan fingerprint density at radius 1 is 0.969 bits per heavy atom. The zero-order valence-electron chi connectivity index (χ0n) is 18.5. The van der Waals surface area contributed by atoms with E-state index in [1.165, 1.54) is 0 Å². The number of anilines is 1. The molecule has 1 aliphatic rings. The smallest absolute Gasteiger partial charge is 0.251 e. The fourth-order valence-electron chi connectivity index (χ4n) is 3.88. The third-order valence-electron chi connectivity index (χ3n) is 5.62. The average Bonchev–Trinajstić information content (AvgIpc) is 2.84. The molecule has 1 fully saturated rings. The number of para-hydroxylation sites is 1. The molecule has 0 saturated carbocycles. The Hall–Kier alpha value is -3.38. The first kappa shape index (κ1) is 21.8. The zero-order valence-corrected chi connectivity index (χ0v) is 18.5. The quantitative estimate of drug-likeness (QED) is 0.592. The van der Waals surface area contributed by atoms with Crippen molar-refractivity contribution < 1.29 is 9.53 Å². The molecular formula is C26H30N4O2. The summed E-state index contributed by atoms with van der Waals surface area (Å²) in [6, 6.07) is 23.4. The number of ether oxygens (including phenoxy) is 1. The summed E-state index contributed by atoms with van der Waals surface area (Å²) in [5.74, 6) is 1.83. The molecule has 0 aliphatic carbocycles. The fraction of sp³-hybridized carbons (Fsp3) is 0.308. The molecule has 1 aromatic heterocycles. The lowest BCUT2D eigenvalue weighted by atomic mass is 10.1. The maximum Gasteiger partial charge on any atom is 0.251 e. The van der Waals surface area contributed by atoms with Crippen molar-refractivity contribution in [1.29, 1.82) is 0 Å². The number of nitrogens with one attached hydrogen (secondary N) is 1. The molecule has 0 bridgehead atoms. The van der Waals surface area contributed by atoms with E-state index in [2.05, 4.69) is 33.1 Å². The van der Waals surface area contributed by atoms with Crippen molar-refractivity contribution in [2.24, 2.45) is 0 Å². The topological polar surface area (TPSA) is 57.7 Å². The van der Waals surface area contributed by atoms with Gasteiger partial charge >= 0.3 is 0 Å². The van der Waals surface area contributed by atoms with Crippen LogP contribution in [0.4, 0.5) is 5.82 Å². The third-order valence-corrected chi connectivity index (χ3v) is 5.62. The van der Waals surface area contributed by atoms with Crippen LogP contribution in [-0.4, -0.2) is 54.6 Å². The van der Waals surface area contributed by atoms with Gasteiger partial charge in [0.2, 0.25) is 0 Å². The summed E-state index contributed by atoms with van der Waals surface area (Å²) in [5.41, 5.74) is 1.70. The number of carbonyl (C=O) groups is 1. The molecule has 1 aliphatic heterocycles. The van der Waals surface area contributed by atoms with Crippen LogP contribution in [0.15, 0.2) is 79.0 Å². The van der Waals surface area contributed by atoms with E-state index in [0.717, 1.165) is 49.9 Å². The first-order valence-corrected chi connectivity index (χ1v) is 11.1. The van der Waals surface area contributed by atoms with Gasteiger partial charge in [-0.15, -0.1) is 0 Å². The molecule has 3 aromatic rings. The van der Waals surface area contributed by atoms with Crippen LogP contribution >= 0.6 is 0 Å². The zero-order chi connectivity index (χ0) is 22.2. The molecule has 1 atom stereocenters. The molecule has 2 heterocycles. The average molecular weight is 431 g/mol. The predicted octanol–water partition coefficient (Wildman–Crippen LogP) is 3.60.